The number of aliphatic imine (C=N–C) groups is 1. The third kappa shape index (κ3) is 7.57. The van der Waals surface area contributed by atoms with Gasteiger partial charge in [-0.2, -0.15) is 8.78 Å². The van der Waals surface area contributed by atoms with Gasteiger partial charge in [0.05, 0.1) is 0 Å². The Bertz CT molecular complexity index is 860. The predicted octanol–water partition coefficient (Wildman–Crippen LogP) is 2.62. The van der Waals surface area contributed by atoms with Crippen molar-refractivity contribution >= 4 is 11.9 Å². The van der Waals surface area contributed by atoms with E-state index in [1.807, 2.05) is 18.2 Å². The first-order valence-corrected chi connectivity index (χ1v) is 9.28. The highest BCUT2D eigenvalue weighted by molar-refractivity contribution is 5.79. The lowest BCUT2D eigenvalue weighted by molar-refractivity contribution is -0.130. The van der Waals surface area contributed by atoms with E-state index in [2.05, 4.69) is 20.4 Å². The second-order valence-corrected chi connectivity index (χ2v) is 6.49. The molecule has 0 aromatic heterocycles. The fourth-order valence-corrected chi connectivity index (χ4v) is 2.47. The summed E-state index contributed by atoms with van der Waals surface area (Å²) in [7, 11) is 4.95. The lowest BCUT2D eigenvalue weighted by Gasteiger charge is -2.15. The number of amides is 1. The topological polar surface area (TPSA) is 75.2 Å². The average Bonchev–Trinajstić information content (AvgIpc) is 2.73. The number of halogens is 2. The summed E-state index contributed by atoms with van der Waals surface area (Å²) < 4.78 is 35.1. The Morgan fingerprint density at radius 1 is 1.10 bits per heavy atom. The first-order valence-electron chi connectivity index (χ1n) is 9.28. The zero-order chi connectivity index (χ0) is 21.9. The summed E-state index contributed by atoms with van der Waals surface area (Å²) in [6, 6.07) is 13.9. The molecule has 0 atom stereocenters. The third-order valence-electron chi connectivity index (χ3n) is 4.08. The molecule has 0 saturated carbocycles. The van der Waals surface area contributed by atoms with Crippen LogP contribution in [-0.2, 0) is 17.9 Å². The van der Waals surface area contributed by atoms with Gasteiger partial charge < -0.3 is 25.0 Å². The van der Waals surface area contributed by atoms with Crippen LogP contribution in [-0.4, -0.2) is 51.1 Å². The molecule has 9 heteroatoms. The van der Waals surface area contributed by atoms with Crippen LogP contribution in [0.3, 0.4) is 0 Å². The zero-order valence-corrected chi connectivity index (χ0v) is 17.2. The predicted molar refractivity (Wildman–Crippen MR) is 111 cm³/mol. The van der Waals surface area contributed by atoms with Crippen LogP contribution in [0.4, 0.5) is 8.78 Å². The van der Waals surface area contributed by atoms with Crippen molar-refractivity contribution in [2.24, 2.45) is 4.99 Å². The minimum absolute atomic E-state index is 0.0345. The standard InChI is InChI=1S/C21H26F2N4O3/c1-24-21(26-13-16-8-4-5-10-18(16)30-20(22)23)25-12-15-7-6-9-17(11-15)29-14-19(28)27(2)3/h4-11,20H,12-14H2,1-3H3,(H2,24,25,26). The van der Waals surface area contributed by atoms with Crippen LogP contribution in [0, 0.1) is 0 Å². The molecule has 0 saturated heterocycles. The number of rotatable bonds is 9. The molecule has 1 amide bonds. The molecule has 0 aliphatic heterocycles. The number of nitrogens with zero attached hydrogens (tertiary/aromatic N) is 2. The molecule has 0 radical (unpaired) electrons. The number of nitrogens with one attached hydrogen (secondary N) is 2. The molecule has 2 aromatic carbocycles. The van der Waals surface area contributed by atoms with E-state index in [0.717, 1.165) is 5.56 Å². The normalized spacial score (nSPS) is 11.2. The van der Waals surface area contributed by atoms with E-state index in [1.165, 1.54) is 11.0 Å². The Morgan fingerprint density at radius 2 is 1.83 bits per heavy atom. The second kappa shape index (κ2) is 11.6. The largest absolute Gasteiger partial charge is 0.484 e. The molecular formula is C21H26F2N4O3. The van der Waals surface area contributed by atoms with Crippen LogP contribution in [0.5, 0.6) is 11.5 Å². The SMILES string of the molecule is CN=C(NCc1cccc(OCC(=O)N(C)C)c1)NCc1ccccc1OC(F)F. The smallest absolute Gasteiger partial charge is 0.387 e. The fraction of sp³-hybridized carbons (Fsp3) is 0.333. The van der Waals surface area contributed by atoms with E-state index in [4.69, 9.17) is 4.74 Å². The first kappa shape index (κ1) is 22.9. The van der Waals surface area contributed by atoms with E-state index in [-0.39, 0.29) is 24.8 Å². The van der Waals surface area contributed by atoms with Crippen LogP contribution in [0.1, 0.15) is 11.1 Å². The van der Waals surface area contributed by atoms with Crippen molar-refractivity contribution in [3.8, 4) is 11.5 Å². The van der Waals surface area contributed by atoms with Gasteiger partial charge in [0.15, 0.2) is 12.6 Å². The molecule has 0 unspecified atom stereocenters. The molecule has 30 heavy (non-hydrogen) atoms. The van der Waals surface area contributed by atoms with E-state index >= 15 is 0 Å². The molecule has 2 aromatic rings. The van der Waals surface area contributed by atoms with Gasteiger partial charge in [0.2, 0.25) is 0 Å². The number of carbonyl (C=O) groups is 1. The van der Waals surface area contributed by atoms with Gasteiger partial charge in [0.25, 0.3) is 5.91 Å². The Kier molecular flexibility index (Phi) is 8.86. The Hall–Kier alpha value is -3.36. The van der Waals surface area contributed by atoms with Gasteiger partial charge in [-0.3, -0.25) is 9.79 Å². The highest BCUT2D eigenvalue weighted by Crippen LogP contribution is 2.20. The van der Waals surface area contributed by atoms with Gasteiger partial charge in [0, 0.05) is 39.8 Å². The van der Waals surface area contributed by atoms with Gasteiger partial charge >= 0.3 is 6.61 Å². The number of carbonyl (C=O) groups excluding carboxylic acids is 1. The van der Waals surface area contributed by atoms with Crippen molar-refractivity contribution in [3.63, 3.8) is 0 Å². The molecule has 162 valence electrons. The molecule has 0 aliphatic rings. The van der Waals surface area contributed by atoms with Crippen molar-refractivity contribution in [2.75, 3.05) is 27.7 Å². The summed E-state index contributed by atoms with van der Waals surface area (Å²) in [5, 5.41) is 6.22. The maximum Gasteiger partial charge on any atom is 0.387 e. The number of alkyl halides is 2. The second-order valence-electron chi connectivity index (χ2n) is 6.49. The van der Waals surface area contributed by atoms with Crippen molar-refractivity contribution in [1.29, 1.82) is 0 Å². The first-order chi connectivity index (χ1) is 14.4. The van der Waals surface area contributed by atoms with Crippen molar-refractivity contribution in [2.45, 2.75) is 19.7 Å². The summed E-state index contributed by atoms with van der Waals surface area (Å²) in [6.45, 7) is -2.20. The molecule has 2 rings (SSSR count). The van der Waals surface area contributed by atoms with Crippen LogP contribution in [0.15, 0.2) is 53.5 Å². The van der Waals surface area contributed by atoms with Crippen LogP contribution in [0.2, 0.25) is 0 Å². The molecule has 0 fully saturated rings. The summed E-state index contributed by atoms with van der Waals surface area (Å²) in [4.78, 5) is 17.2. The van der Waals surface area contributed by atoms with Crippen LogP contribution < -0.4 is 20.1 Å². The average molecular weight is 420 g/mol. The zero-order valence-electron chi connectivity index (χ0n) is 17.2. The number of hydrogen-bond acceptors (Lipinski definition) is 4. The highest BCUT2D eigenvalue weighted by Gasteiger charge is 2.10. The quantitative estimate of drug-likeness (QED) is 0.482. The number of likely N-dealkylation sites (N-methyl/N-ethyl adjacent to an activating group) is 1. The van der Waals surface area contributed by atoms with Gasteiger partial charge in [-0.1, -0.05) is 30.3 Å². The minimum Gasteiger partial charge on any atom is -0.484 e. The number of benzene rings is 2. The number of ether oxygens (including phenoxy) is 2. The van der Waals surface area contributed by atoms with E-state index in [0.29, 0.717) is 23.8 Å². The molecule has 7 nitrogen and oxygen atoms in total. The minimum atomic E-state index is -2.88. The summed E-state index contributed by atoms with van der Waals surface area (Å²) in [5.41, 5.74) is 1.51. The maximum atomic E-state index is 12.5. The van der Waals surface area contributed by atoms with Crippen molar-refractivity contribution in [3.05, 3.63) is 59.7 Å². The summed E-state index contributed by atoms with van der Waals surface area (Å²) in [6.07, 6.45) is 0. The molecular weight excluding hydrogens is 394 g/mol. The number of guanidine groups is 1. The number of hydrogen-bond donors (Lipinski definition) is 2. The maximum absolute atomic E-state index is 12.5. The number of para-hydroxylation sites is 1. The molecule has 0 spiro atoms. The lowest BCUT2D eigenvalue weighted by atomic mass is 10.2. The Balaban J connectivity index is 1.89. The molecule has 2 N–H and O–H groups in total. The Morgan fingerprint density at radius 3 is 2.53 bits per heavy atom. The van der Waals surface area contributed by atoms with Gasteiger partial charge in [-0.15, -0.1) is 0 Å². The molecule has 0 bridgehead atoms. The fourth-order valence-electron chi connectivity index (χ4n) is 2.47. The molecule has 0 aliphatic carbocycles. The van der Waals surface area contributed by atoms with Gasteiger partial charge in [0.1, 0.15) is 11.5 Å². The summed E-state index contributed by atoms with van der Waals surface area (Å²) in [5.74, 6) is 1.08. The third-order valence-corrected chi connectivity index (χ3v) is 4.08. The highest BCUT2D eigenvalue weighted by atomic mass is 19.3. The lowest BCUT2D eigenvalue weighted by Crippen LogP contribution is -2.36. The monoisotopic (exact) mass is 420 g/mol. The Labute approximate surface area is 174 Å². The van der Waals surface area contributed by atoms with Gasteiger partial charge in [-0.05, 0) is 23.8 Å². The van der Waals surface area contributed by atoms with E-state index in [9.17, 15) is 13.6 Å². The van der Waals surface area contributed by atoms with Crippen molar-refractivity contribution < 1.29 is 23.0 Å². The van der Waals surface area contributed by atoms with Crippen LogP contribution in [0.25, 0.3) is 0 Å². The van der Waals surface area contributed by atoms with E-state index in [1.54, 1.807) is 45.4 Å². The van der Waals surface area contributed by atoms with Crippen molar-refractivity contribution in [1.82, 2.24) is 15.5 Å². The van der Waals surface area contributed by atoms with E-state index < -0.39 is 6.61 Å². The van der Waals surface area contributed by atoms with Gasteiger partial charge in [-0.25, -0.2) is 0 Å². The molecule has 0 heterocycles. The van der Waals surface area contributed by atoms with Crippen LogP contribution >= 0.6 is 0 Å². The summed E-state index contributed by atoms with van der Waals surface area (Å²) >= 11 is 0.